The second-order valence-corrected chi connectivity index (χ2v) is 8.65. The summed E-state index contributed by atoms with van der Waals surface area (Å²) in [6.45, 7) is -0.0617. The molecule has 3 aromatic rings. The van der Waals surface area contributed by atoms with Crippen LogP contribution in [0, 0.1) is 17.5 Å². The Hall–Kier alpha value is -4.67. The molecule has 1 aromatic heterocycles. The molecule has 0 aliphatic carbocycles. The van der Waals surface area contributed by atoms with Crippen LogP contribution in [0.15, 0.2) is 65.6 Å². The number of hydrazine groups is 1. The molecule has 2 heterocycles. The molecule has 0 spiro atoms. The summed E-state index contributed by atoms with van der Waals surface area (Å²) in [7, 11) is 0. The largest absolute Gasteiger partial charge is 0.507 e. The van der Waals surface area contributed by atoms with Crippen LogP contribution in [0.3, 0.4) is 0 Å². The van der Waals surface area contributed by atoms with Crippen LogP contribution in [-0.4, -0.2) is 38.8 Å². The van der Waals surface area contributed by atoms with Gasteiger partial charge in [0.15, 0.2) is 0 Å². The number of hydrogen-bond donors (Lipinski definition) is 2. The van der Waals surface area contributed by atoms with Gasteiger partial charge in [-0.2, -0.15) is 0 Å². The van der Waals surface area contributed by atoms with Crippen LogP contribution in [0.4, 0.5) is 13.2 Å². The Kier molecular flexibility index (Phi) is 7.75. The van der Waals surface area contributed by atoms with Crippen molar-refractivity contribution in [1.29, 1.82) is 0 Å². The summed E-state index contributed by atoms with van der Waals surface area (Å²) in [6, 6.07) is 10.1. The van der Waals surface area contributed by atoms with Crippen molar-refractivity contribution in [1.82, 2.24) is 15.0 Å². The quantitative estimate of drug-likeness (QED) is 0.267. The van der Waals surface area contributed by atoms with Gasteiger partial charge in [-0.1, -0.05) is 24.3 Å². The van der Waals surface area contributed by atoms with Gasteiger partial charge in [-0.15, -0.1) is 0 Å². The summed E-state index contributed by atoms with van der Waals surface area (Å²) >= 11 is 0. The molecule has 2 aromatic carbocycles. The number of nitrogens with one attached hydrogen (secondary N) is 1. The molecule has 0 radical (unpaired) electrons. The number of carbonyl (C=O) groups is 3. The fourth-order valence-corrected chi connectivity index (χ4v) is 4.02. The number of carbonyl (C=O) groups excluding carboxylic acids is 3. The Morgan fingerprint density at radius 2 is 1.68 bits per heavy atom. The maximum atomic E-state index is 14.3. The third-order valence-corrected chi connectivity index (χ3v) is 5.96. The van der Waals surface area contributed by atoms with Crippen LogP contribution >= 0.6 is 0 Å². The molecule has 2 N–H and O–H groups in total. The number of aliphatic hydroxyl groups is 1. The lowest BCUT2D eigenvalue weighted by molar-refractivity contribution is -0.143. The summed E-state index contributed by atoms with van der Waals surface area (Å²) in [6.07, 6.45) is 2.16. The average Bonchev–Trinajstić information content (AvgIpc) is 3.28. The number of amides is 2. The van der Waals surface area contributed by atoms with Crippen molar-refractivity contribution in [3.63, 3.8) is 0 Å². The number of nitrogens with zero attached hydrogens (tertiary/aromatic N) is 2. The van der Waals surface area contributed by atoms with Crippen molar-refractivity contribution in [3.05, 3.63) is 111 Å². The lowest BCUT2D eigenvalue weighted by atomic mass is 10.0. The van der Waals surface area contributed by atoms with Crippen LogP contribution in [-0.2, 0) is 27.3 Å². The van der Waals surface area contributed by atoms with Crippen LogP contribution in [0.5, 0.6) is 0 Å². The van der Waals surface area contributed by atoms with E-state index in [1.54, 1.807) is 6.07 Å². The van der Waals surface area contributed by atoms with Gasteiger partial charge in [-0.3, -0.25) is 29.6 Å². The van der Waals surface area contributed by atoms with Gasteiger partial charge < -0.3 is 9.67 Å². The molecular weight excluding hydrogens is 503 g/mol. The standard InChI is InChI=1S/C27H22F3N3O5/c28-20-6-2-1-5-17(20)15-32-14-16(11-18-21(29)7-3-8-22(18)30)12-19(27(32)38)23(34)13-24(35)26(37)31-33-10-4-9-25(33)36/h1-3,5-8,12-14,34H,4,9-11,15H2,(H,31,37)/b23-13-. The monoisotopic (exact) mass is 525 g/mol. The van der Waals surface area contributed by atoms with Crippen LogP contribution in [0.2, 0.25) is 0 Å². The summed E-state index contributed by atoms with van der Waals surface area (Å²) in [5.41, 5.74) is 0.836. The third-order valence-electron chi connectivity index (χ3n) is 5.96. The van der Waals surface area contributed by atoms with Gasteiger partial charge >= 0.3 is 5.91 Å². The highest BCUT2D eigenvalue weighted by Crippen LogP contribution is 2.19. The van der Waals surface area contributed by atoms with Gasteiger partial charge in [-0.25, -0.2) is 13.2 Å². The number of rotatable bonds is 8. The predicted molar refractivity (Wildman–Crippen MR) is 130 cm³/mol. The zero-order chi connectivity index (χ0) is 27.4. The van der Waals surface area contributed by atoms with E-state index >= 15 is 0 Å². The first kappa shape index (κ1) is 26.4. The highest BCUT2D eigenvalue weighted by Gasteiger charge is 2.25. The molecule has 196 valence electrons. The van der Waals surface area contributed by atoms with Crippen molar-refractivity contribution in [2.24, 2.45) is 0 Å². The minimum Gasteiger partial charge on any atom is -0.507 e. The van der Waals surface area contributed by atoms with E-state index in [4.69, 9.17) is 0 Å². The van der Waals surface area contributed by atoms with Gasteiger partial charge in [0.2, 0.25) is 11.7 Å². The lowest BCUT2D eigenvalue weighted by Gasteiger charge is -2.15. The van der Waals surface area contributed by atoms with E-state index in [0.717, 1.165) is 27.8 Å². The second kappa shape index (κ2) is 11.2. The van der Waals surface area contributed by atoms with E-state index < -0.39 is 46.0 Å². The van der Waals surface area contributed by atoms with Gasteiger partial charge in [0.25, 0.3) is 5.56 Å². The van der Waals surface area contributed by atoms with Crippen molar-refractivity contribution in [2.75, 3.05) is 6.54 Å². The number of aromatic nitrogens is 1. The minimum absolute atomic E-state index is 0.129. The van der Waals surface area contributed by atoms with Crippen LogP contribution in [0.1, 0.15) is 35.1 Å². The molecule has 4 rings (SSSR count). The van der Waals surface area contributed by atoms with Gasteiger partial charge in [0, 0.05) is 42.8 Å². The van der Waals surface area contributed by atoms with Gasteiger partial charge in [0.1, 0.15) is 23.2 Å². The molecule has 0 saturated carbocycles. The summed E-state index contributed by atoms with van der Waals surface area (Å²) < 4.78 is 43.9. The molecule has 11 heteroatoms. The maximum Gasteiger partial charge on any atom is 0.310 e. The van der Waals surface area contributed by atoms with E-state index in [-0.39, 0.29) is 48.5 Å². The highest BCUT2D eigenvalue weighted by atomic mass is 19.1. The Morgan fingerprint density at radius 3 is 2.34 bits per heavy atom. The number of pyridine rings is 1. The van der Waals surface area contributed by atoms with E-state index in [2.05, 4.69) is 5.43 Å². The molecule has 2 amide bonds. The van der Waals surface area contributed by atoms with E-state index in [9.17, 15) is 37.5 Å². The van der Waals surface area contributed by atoms with Gasteiger partial charge in [0.05, 0.1) is 12.1 Å². The smallest absolute Gasteiger partial charge is 0.310 e. The molecule has 1 fully saturated rings. The Morgan fingerprint density at radius 1 is 1.00 bits per heavy atom. The predicted octanol–water partition coefficient (Wildman–Crippen LogP) is 3.03. The molecule has 38 heavy (non-hydrogen) atoms. The molecule has 1 aliphatic rings. The summed E-state index contributed by atoms with van der Waals surface area (Å²) in [4.78, 5) is 49.4. The van der Waals surface area contributed by atoms with Crippen LogP contribution < -0.4 is 11.0 Å². The number of aliphatic hydroxyl groups excluding tert-OH is 1. The van der Waals surface area contributed by atoms with Crippen molar-refractivity contribution < 1.29 is 32.7 Å². The van der Waals surface area contributed by atoms with Crippen molar-refractivity contribution in [3.8, 4) is 0 Å². The zero-order valence-corrected chi connectivity index (χ0v) is 19.9. The van der Waals surface area contributed by atoms with Crippen molar-refractivity contribution >= 4 is 23.4 Å². The first-order valence-electron chi connectivity index (χ1n) is 11.6. The van der Waals surface area contributed by atoms with Gasteiger partial charge in [-0.05, 0) is 36.2 Å². The number of hydrogen-bond acceptors (Lipinski definition) is 5. The number of ketones is 1. The first-order chi connectivity index (χ1) is 18.1. The molecule has 8 nitrogen and oxygen atoms in total. The normalized spacial score (nSPS) is 13.6. The SMILES string of the molecule is O=C(/C=C(\O)c1cc(Cc2c(F)cccc2F)cn(Cc2ccccc2F)c1=O)C(=O)NN1CCCC1=O. The highest BCUT2D eigenvalue weighted by molar-refractivity contribution is 6.41. The molecule has 0 bridgehead atoms. The molecule has 1 aliphatic heterocycles. The fourth-order valence-electron chi connectivity index (χ4n) is 4.02. The van der Waals surface area contributed by atoms with E-state index in [1.807, 2.05) is 0 Å². The second-order valence-electron chi connectivity index (χ2n) is 8.65. The zero-order valence-electron chi connectivity index (χ0n) is 19.9. The summed E-state index contributed by atoms with van der Waals surface area (Å²) in [5, 5.41) is 11.6. The van der Waals surface area contributed by atoms with E-state index in [0.29, 0.717) is 12.5 Å². The number of benzene rings is 2. The lowest BCUT2D eigenvalue weighted by Crippen LogP contribution is -2.45. The maximum absolute atomic E-state index is 14.3. The minimum atomic E-state index is -1.24. The molecule has 0 atom stereocenters. The summed E-state index contributed by atoms with van der Waals surface area (Å²) in [5.74, 6) is -5.97. The Balaban J connectivity index is 1.71. The third kappa shape index (κ3) is 5.83. The average molecular weight is 525 g/mol. The number of halogens is 3. The molecule has 1 saturated heterocycles. The first-order valence-corrected chi connectivity index (χ1v) is 11.6. The molecular formula is C27H22F3N3O5. The Bertz CT molecular complexity index is 1500. The van der Waals surface area contributed by atoms with Crippen LogP contribution in [0.25, 0.3) is 5.76 Å². The van der Waals surface area contributed by atoms with E-state index in [1.165, 1.54) is 30.5 Å². The van der Waals surface area contributed by atoms with Crippen molar-refractivity contribution in [2.45, 2.75) is 25.8 Å². The fraction of sp³-hybridized carbons (Fsp3) is 0.185. The topological polar surface area (TPSA) is 109 Å². The molecule has 0 unspecified atom stereocenters. The Labute approximate surface area is 214 Å².